The number of aromatic nitrogens is 2. The van der Waals surface area contributed by atoms with E-state index in [9.17, 15) is 9.59 Å². The van der Waals surface area contributed by atoms with Crippen LogP contribution in [0.25, 0.3) is 27.4 Å². The van der Waals surface area contributed by atoms with Crippen LogP contribution >= 0.6 is 0 Å². The Morgan fingerprint density at radius 2 is 1.59 bits per heavy atom. The van der Waals surface area contributed by atoms with Crippen LogP contribution in [0, 0.1) is 0 Å². The first-order chi connectivity index (χ1) is 18.1. The van der Waals surface area contributed by atoms with Crippen LogP contribution < -0.4 is 5.56 Å². The monoisotopic (exact) mass is 489 g/mol. The van der Waals surface area contributed by atoms with E-state index in [1.807, 2.05) is 103 Å². The van der Waals surface area contributed by atoms with Gasteiger partial charge in [-0.3, -0.25) is 14.2 Å². The molecule has 0 N–H and O–H groups in total. The third kappa shape index (κ3) is 5.03. The molecule has 5 aromatic rings. The lowest BCUT2D eigenvalue weighted by molar-refractivity contribution is -0.133. The number of fused-ring (bicyclic) bond motifs is 2. The Labute approximate surface area is 217 Å². The maximum absolute atomic E-state index is 13.9. The summed E-state index contributed by atoms with van der Waals surface area (Å²) in [7, 11) is 0. The molecule has 37 heavy (non-hydrogen) atoms. The summed E-state index contributed by atoms with van der Waals surface area (Å²) in [5.41, 5.74) is 2.39. The zero-order chi connectivity index (χ0) is 25.8. The number of benzene rings is 4. The van der Waals surface area contributed by atoms with Crippen molar-refractivity contribution in [2.75, 3.05) is 6.54 Å². The third-order valence-corrected chi connectivity index (χ3v) is 6.89. The maximum atomic E-state index is 13.9. The van der Waals surface area contributed by atoms with Gasteiger partial charge in [-0.2, -0.15) is 0 Å². The maximum Gasteiger partial charge on any atom is 0.266 e. The lowest BCUT2D eigenvalue weighted by atomic mass is 10.1. The van der Waals surface area contributed by atoms with Gasteiger partial charge in [0.25, 0.3) is 5.56 Å². The van der Waals surface area contributed by atoms with Crippen molar-refractivity contribution in [3.8, 4) is 5.69 Å². The standard InChI is InChI=1S/C32H31N3O2/c1-3-21-34(30(36)20-17-24-11-5-4-6-12-24)23(2)31-33-29-16-10-9-15-28(29)32(37)35(31)27-19-18-25-13-7-8-14-26(25)22-27/h4-16,18-19,22-23H,3,17,20-21H2,1-2H3. The number of rotatable bonds is 8. The number of hydrogen-bond acceptors (Lipinski definition) is 3. The van der Waals surface area contributed by atoms with Crippen LogP contribution in [0.4, 0.5) is 0 Å². The smallest absolute Gasteiger partial charge is 0.266 e. The average molecular weight is 490 g/mol. The highest BCUT2D eigenvalue weighted by Gasteiger charge is 2.26. The van der Waals surface area contributed by atoms with Crippen molar-refractivity contribution in [1.29, 1.82) is 0 Å². The second kappa shape index (κ2) is 10.8. The molecule has 0 bridgehead atoms. The Morgan fingerprint density at radius 1 is 0.892 bits per heavy atom. The summed E-state index contributed by atoms with van der Waals surface area (Å²) in [6, 6.07) is 31.2. The zero-order valence-corrected chi connectivity index (χ0v) is 21.3. The number of nitrogens with zero attached hydrogens (tertiary/aromatic N) is 3. The molecule has 1 heterocycles. The van der Waals surface area contributed by atoms with Crippen molar-refractivity contribution < 1.29 is 4.79 Å². The van der Waals surface area contributed by atoms with Gasteiger partial charge in [-0.25, -0.2) is 4.98 Å². The molecule has 4 aromatic carbocycles. The van der Waals surface area contributed by atoms with Gasteiger partial charge in [-0.15, -0.1) is 0 Å². The first-order valence-corrected chi connectivity index (χ1v) is 12.9. The van der Waals surface area contributed by atoms with Gasteiger partial charge < -0.3 is 4.90 Å². The van der Waals surface area contributed by atoms with E-state index in [0.717, 1.165) is 28.4 Å². The summed E-state index contributed by atoms with van der Waals surface area (Å²) in [5, 5.41) is 2.71. The molecule has 1 atom stereocenters. The van der Waals surface area contributed by atoms with Crippen LogP contribution in [-0.4, -0.2) is 26.9 Å². The molecule has 0 saturated heterocycles. The minimum absolute atomic E-state index is 0.0608. The fraction of sp³-hybridized carbons (Fsp3) is 0.219. The van der Waals surface area contributed by atoms with Gasteiger partial charge in [-0.05, 0) is 60.4 Å². The van der Waals surface area contributed by atoms with E-state index in [1.54, 1.807) is 4.57 Å². The number of carbonyl (C=O) groups excluding carboxylic acids is 1. The average Bonchev–Trinajstić information content (AvgIpc) is 2.94. The highest BCUT2D eigenvalue weighted by Crippen LogP contribution is 2.26. The molecule has 5 heteroatoms. The summed E-state index contributed by atoms with van der Waals surface area (Å²) >= 11 is 0. The third-order valence-electron chi connectivity index (χ3n) is 6.89. The predicted octanol–water partition coefficient (Wildman–Crippen LogP) is 6.47. The quantitative estimate of drug-likeness (QED) is 0.251. The van der Waals surface area contributed by atoms with Crippen molar-refractivity contribution in [1.82, 2.24) is 14.5 Å². The van der Waals surface area contributed by atoms with Gasteiger partial charge >= 0.3 is 0 Å². The van der Waals surface area contributed by atoms with E-state index >= 15 is 0 Å². The molecular weight excluding hydrogens is 458 g/mol. The number of aryl methyl sites for hydroxylation is 1. The van der Waals surface area contributed by atoms with Crippen molar-refractivity contribution in [3.05, 3.63) is 119 Å². The Morgan fingerprint density at radius 3 is 2.38 bits per heavy atom. The molecule has 0 aliphatic rings. The number of amides is 1. The van der Waals surface area contributed by atoms with Crippen LogP contribution in [-0.2, 0) is 11.2 Å². The minimum Gasteiger partial charge on any atom is -0.333 e. The Hall–Kier alpha value is -4.25. The number of hydrogen-bond donors (Lipinski definition) is 0. The predicted molar refractivity (Wildman–Crippen MR) is 150 cm³/mol. The SMILES string of the molecule is CCCN(C(=O)CCc1ccccc1)C(C)c1nc2ccccc2c(=O)n1-c1ccc2ccccc2c1. The van der Waals surface area contributed by atoms with E-state index in [4.69, 9.17) is 4.98 Å². The number of carbonyl (C=O) groups is 1. The molecule has 0 aliphatic carbocycles. The lowest BCUT2D eigenvalue weighted by Crippen LogP contribution is -2.38. The fourth-order valence-electron chi connectivity index (χ4n) is 4.95. The van der Waals surface area contributed by atoms with Gasteiger partial charge in [0, 0.05) is 13.0 Å². The molecule has 0 saturated carbocycles. The van der Waals surface area contributed by atoms with Crippen molar-refractivity contribution in [3.63, 3.8) is 0 Å². The second-order valence-electron chi connectivity index (χ2n) is 9.41. The topological polar surface area (TPSA) is 55.2 Å². The summed E-state index contributed by atoms with van der Waals surface area (Å²) < 4.78 is 1.69. The van der Waals surface area contributed by atoms with Crippen molar-refractivity contribution in [2.45, 2.75) is 39.2 Å². The van der Waals surface area contributed by atoms with Crippen LogP contribution in [0.5, 0.6) is 0 Å². The molecule has 5 rings (SSSR count). The molecule has 0 radical (unpaired) electrons. The van der Waals surface area contributed by atoms with Gasteiger partial charge in [0.2, 0.25) is 5.91 Å². The van der Waals surface area contributed by atoms with Crippen LogP contribution in [0.1, 0.15) is 44.1 Å². The summed E-state index contributed by atoms with van der Waals surface area (Å²) in [4.78, 5) is 34.2. The first kappa shape index (κ1) is 24.4. The zero-order valence-electron chi connectivity index (χ0n) is 21.3. The normalized spacial score (nSPS) is 12.1. The van der Waals surface area contributed by atoms with Crippen LogP contribution in [0.3, 0.4) is 0 Å². The molecule has 1 unspecified atom stereocenters. The van der Waals surface area contributed by atoms with Crippen LogP contribution in [0.2, 0.25) is 0 Å². The van der Waals surface area contributed by atoms with Crippen LogP contribution in [0.15, 0.2) is 102 Å². The largest absolute Gasteiger partial charge is 0.333 e. The number of para-hydroxylation sites is 1. The second-order valence-corrected chi connectivity index (χ2v) is 9.41. The summed E-state index contributed by atoms with van der Waals surface area (Å²) in [6.45, 7) is 4.63. The van der Waals surface area contributed by atoms with E-state index < -0.39 is 0 Å². The fourth-order valence-corrected chi connectivity index (χ4v) is 4.95. The highest BCUT2D eigenvalue weighted by molar-refractivity contribution is 5.85. The van der Waals surface area contributed by atoms with E-state index in [2.05, 4.69) is 13.0 Å². The Bertz CT molecular complexity index is 1610. The summed E-state index contributed by atoms with van der Waals surface area (Å²) in [6.07, 6.45) is 1.90. The molecule has 0 spiro atoms. The lowest BCUT2D eigenvalue weighted by Gasteiger charge is -2.30. The first-order valence-electron chi connectivity index (χ1n) is 12.9. The molecule has 0 fully saturated rings. The summed E-state index contributed by atoms with van der Waals surface area (Å²) in [5.74, 6) is 0.631. The molecule has 5 nitrogen and oxygen atoms in total. The van der Waals surface area contributed by atoms with Gasteiger partial charge in [-0.1, -0.05) is 79.7 Å². The molecular formula is C32H31N3O2. The van der Waals surface area contributed by atoms with E-state index in [-0.39, 0.29) is 17.5 Å². The molecule has 1 aromatic heterocycles. The van der Waals surface area contributed by atoms with Gasteiger partial charge in [0.15, 0.2) is 0 Å². The molecule has 186 valence electrons. The minimum atomic E-state index is -0.382. The van der Waals surface area contributed by atoms with E-state index in [1.165, 1.54) is 0 Å². The van der Waals surface area contributed by atoms with E-state index in [0.29, 0.717) is 36.1 Å². The molecule has 0 aliphatic heterocycles. The highest BCUT2D eigenvalue weighted by atomic mass is 16.2. The van der Waals surface area contributed by atoms with Gasteiger partial charge in [0.1, 0.15) is 5.82 Å². The van der Waals surface area contributed by atoms with Crippen molar-refractivity contribution in [2.24, 2.45) is 0 Å². The van der Waals surface area contributed by atoms with Crippen molar-refractivity contribution >= 4 is 27.6 Å². The Balaban J connectivity index is 1.59. The molecule has 1 amide bonds. The van der Waals surface area contributed by atoms with Gasteiger partial charge in [0.05, 0.1) is 22.6 Å². The Kier molecular flexibility index (Phi) is 7.13.